The average Bonchev–Trinajstić information content (AvgIpc) is 3.96. The van der Waals surface area contributed by atoms with Crippen molar-refractivity contribution in [3.63, 3.8) is 0 Å². The summed E-state index contributed by atoms with van der Waals surface area (Å²) in [6, 6.07) is 74.8. The second-order valence-corrected chi connectivity index (χ2v) is 17.3. The van der Waals surface area contributed by atoms with Gasteiger partial charge in [-0.2, -0.15) is 0 Å². The van der Waals surface area contributed by atoms with E-state index >= 15 is 0 Å². The van der Waals surface area contributed by atoms with Crippen LogP contribution in [0.5, 0.6) is 0 Å². The topological polar surface area (TPSA) is 51.8 Å². The van der Waals surface area contributed by atoms with Crippen LogP contribution in [0, 0.1) is 0 Å². The van der Waals surface area contributed by atoms with Crippen LogP contribution in [-0.4, -0.2) is 15.0 Å². The van der Waals surface area contributed by atoms with E-state index in [1.54, 1.807) is 0 Å². The second kappa shape index (κ2) is 14.7. The van der Waals surface area contributed by atoms with Crippen LogP contribution >= 0.6 is 11.3 Å². The number of furan rings is 1. The first-order valence-corrected chi connectivity index (χ1v) is 22.3. The molecule has 13 aromatic rings. The molecule has 0 aliphatic rings. The van der Waals surface area contributed by atoms with Crippen LogP contribution in [0.2, 0.25) is 0 Å². The smallest absolute Gasteiger partial charge is 0.160 e. The minimum atomic E-state index is 0.681. The molecule has 4 aromatic heterocycles. The Hall–Kier alpha value is -8.25. The third-order valence-corrected chi connectivity index (χ3v) is 13.7. The summed E-state index contributed by atoms with van der Waals surface area (Å²) < 4.78 is 8.85. The van der Waals surface area contributed by atoms with E-state index in [1.807, 2.05) is 41.7 Å². The monoisotopic (exact) mass is 833 g/mol. The molecule has 0 bridgehead atoms. The van der Waals surface area contributed by atoms with Crippen LogP contribution < -0.4 is 0 Å². The highest BCUT2D eigenvalue weighted by atomic mass is 32.1. The maximum absolute atomic E-state index is 6.39. The largest absolute Gasteiger partial charge is 0.455 e. The molecule has 0 saturated carbocycles. The minimum absolute atomic E-state index is 0.681. The Morgan fingerprint density at radius 3 is 1.89 bits per heavy atom. The van der Waals surface area contributed by atoms with Crippen molar-refractivity contribution in [1.29, 1.82) is 0 Å². The zero-order chi connectivity index (χ0) is 42.1. The molecule has 0 fully saturated rings. The van der Waals surface area contributed by atoms with Gasteiger partial charge in [0.25, 0.3) is 0 Å². The van der Waals surface area contributed by atoms with Crippen LogP contribution in [0.25, 0.3) is 131 Å². The van der Waals surface area contributed by atoms with E-state index in [9.17, 15) is 0 Å². The molecule has 4 heterocycles. The molecule has 4 nitrogen and oxygen atoms in total. The van der Waals surface area contributed by atoms with Gasteiger partial charge in [0, 0.05) is 59.4 Å². The first kappa shape index (κ1) is 36.4. The molecule has 0 aliphatic carbocycles. The van der Waals surface area contributed by atoms with Crippen molar-refractivity contribution >= 4 is 75.1 Å². The molecule has 0 radical (unpaired) electrons. The van der Waals surface area contributed by atoms with Gasteiger partial charge < -0.3 is 4.42 Å². The number of pyridine rings is 1. The number of benzene rings is 9. The Kier molecular flexibility index (Phi) is 8.36. The third kappa shape index (κ3) is 6.01. The fraction of sp³-hybridized carbons (Fsp3) is 0. The van der Waals surface area contributed by atoms with Gasteiger partial charge >= 0.3 is 0 Å². The summed E-state index contributed by atoms with van der Waals surface area (Å²) >= 11 is 1.83. The van der Waals surface area contributed by atoms with Gasteiger partial charge in [0.05, 0.1) is 27.3 Å². The van der Waals surface area contributed by atoms with Crippen LogP contribution in [0.15, 0.2) is 217 Å². The summed E-state index contributed by atoms with van der Waals surface area (Å²) in [5.74, 6) is 0.681. The van der Waals surface area contributed by atoms with Gasteiger partial charge in [0.1, 0.15) is 11.2 Å². The molecular weight excluding hydrogens is 799 g/mol. The van der Waals surface area contributed by atoms with E-state index in [2.05, 4.69) is 182 Å². The first-order chi connectivity index (χ1) is 31.7. The van der Waals surface area contributed by atoms with Crippen molar-refractivity contribution < 1.29 is 4.42 Å². The van der Waals surface area contributed by atoms with Crippen molar-refractivity contribution in [2.75, 3.05) is 0 Å². The number of hydrogen-bond donors (Lipinski definition) is 0. The Bertz CT molecular complexity index is 3960. The fourth-order valence-electron chi connectivity index (χ4n) is 9.39. The van der Waals surface area contributed by atoms with Gasteiger partial charge in [-0.05, 0) is 63.9 Å². The van der Waals surface area contributed by atoms with Gasteiger partial charge in [-0.1, -0.05) is 176 Å². The molecule has 0 atom stereocenters. The summed E-state index contributed by atoms with van der Waals surface area (Å²) in [5, 5.41) is 8.32. The number of hydrogen-bond acceptors (Lipinski definition) is 5. The molecule has 298 valence electrons. The van der Waals surface area contributed by atoms with Crippen molar-refractivity contribution in [2.24, 2.45) is 0 Å². The fourth-order valence-corrected chi connectivity index (χ4v) is 10.6. The molecule has 0 spiro atoms. The lowest BCUT2D eigenvalue weighted by molar-refractivity contribution is 0.670. The van der Waals surface area contributed by atoms with E-state index in [4.69, 9.17) is 19.4 Å². The molecule has 0 aliphatic heterocycles. The van der Waals surface area contributed by atoms with Gasteiger partial charge in [-0.3, -0.25) is 0 Å². The van der Waals surface area contributed by atoms with Crippen molar-refractivity contribution in [2.45, 2.75) is 0 Å². The molecule has 64 heavy (non-hydrogen) atoms. The highest BCUT2D eigenvalue weighted by Gasteiger charge is 2.19. The third-order valence-electron chi connectivity index (χ3n) is 12.5. The average molecular weight is 834 g/mol. The lowest BCUT2D eigenvalue weighted by Crippen LogP contribution is -1.96. The van der Waals surface area contributed by atoms with Gasteiger partial charge in [-0.25, -0.2) is 15.0 Å². The zero-order valence-electron chi connectivity index (χ0n) is 34.4. The maximum atomic E-state index is 6.39. The summed E-state index contributed by atoms with van der Waals surface area (Å²) in [5.41, 5.74) is 14.0. The molecule has 0 N–H and O–H groups in total. The van der Waals surface area contributed by atoms with E-state index in [-0.39, 0.29) is 0 Å². The molecular formula is C59H35N3OS. The highest BCUT2D eigenvalue weighted by Crippen LogP contribution is 2.45. The van der Waals surface area contributed by atoms with Crippen LogP contribution in [0.1, 0.15) is 0 Å². The Balaban J connectivity index is 0.920. The predicted molar refractivity (Wildman–Crippen MR) is 268 cm³/mol. The van der Waals surface area contributed by atoms with E-state index in [0.717, 1.165) is 94.4 Å². The van der Waals surface area contributed by atoms with Crippen molar-refractivity contribution in [3.8, 4) is 67.4 Å². The van der Waals surface area contributed by atoms with Crippen molar-refractivity contribution in [1.82, 2.24) is 15.0 Å². The minimum Gasteiger partial charge on any atom is -0.455 e. The Labute approximate surface area is 372 Å². The summed E-state index contributed by atoms with van der Waals surface area (Å²) in [6.45, 7) is 0. The van der Waals surface area contributed by atoms with Gasteiger partial charge in [0.2, 0.25) is 0 Å². The molecule has 9 aromatic carbocycles. The molecule has 0 saturated heterocycles. The van der Waals surface area contributed by atoms with Crippen molar-refractivity contribution in [3.05, 3.63) is 212 Å². The quantitative estimate of drug-likeness (QED) is 0.167. The molecule has 0 unspecified atom stereocenters. The highest BCUT2D eigenvalue weighted by molar-refractivity contribution is 7.26. The summed E-state index contributed by atoms with van der Waals surface area (Å²) in [7, 11) is 0. The molecule has 5 heteroatoms. The molecule has 0 amide bonds. The van der Waals surface area contributed by atoms with Crippen LogP contribution in [-0.2, 0) is 0 Å². The number of aromatic nitrogens is 3. The SMILES string of the molecule is c1ccc(-c2nc(-c3ccc(-c4cccc5c4oc4ccccc45)cc3)cc(-c3cccc(-c4ccc5nc(-c6cccc7ccccc67)c6sc7ccccc7c6c5c4)c3)n2)cc1. The van der Waals surface area contributed by atoms with Crippen LogP contribution in [0.3, 0.4) is 0 Å². The molecule has 13 rings (SSSR count). The Morgan fingerprint density at radius 1 is 0.375 bits per heavy atom. The first-order valence-electron chi connectivity index (χ1n) is 21.5. The van der Waals surface area contributed by atoms with E-state index in [1.165, 1.54) is 30.9 Å². The number of rotatable bonds is 6. The van der Waals surface area contributed by atoms with Crippen LogP contribution in [0.4, 0.5) is 0 Å². The lowest BCUT2D eigenvalue weighted by atomic mass is 9.96. The standard InChI is InChI=1S/C59H35N3OS/c1-2-14-39(15-3-1)59-61-51(38-29-27-37(28-30-38)44-22-12-24-47-45-20-6-8-25-53(45)63-57(44)47)35-52(62-59)42-18-10-17-40(33-42)41-31-32-50-49(34-41)55-48-21-7-9-26-54(48)64-58(55)56(60-50)46-23-11-16-36-13-4-5-19-43(36)46/h1-35H. The van der Waals surface area contributed by atoms with Gasteiger partial charge in [0.15, 0.2) is 5.82 Å². The number of para-hydroxylation sites is 2. The Morgan fingerprint density at radius 2 is 1.00 bits per heavy atom. The predicted octanol–water partition coefficient (Wildman–Crippen LogP) is 16.4. The van der Waals surface area contributed by atoms with E-state index in [0.29, 0.717) is 5.82 Å². The lowest BCUT2D eigenvalue weighted by Gasteiger charge is -2.12. The summed E-state index contributed by atoms with van der Waals surface area (Å²) in [6.07, 6.45) is 0. The number of nitrogens with zero attached hydrogens (tertiary/aromatic N) is 3. The number of fused-ring (bicyclic) bond motifs is 9. The van der Waals surface area contributed by atoms with Gasteiger partial charge in [-0.15, -0.1) is 11.3 Å². The normalized spacial score (nSPS) is 11.8. The number of thiophene rings is 1. The van der Waals surface area contributed by atoms with E-state index < -0.39 is 0 Å². The zero-order valence-corrected chi connectivity index (χ0v) is 35.2. The maximum Gasteiger partial charge on any atom is 0.160 e. The summed E-state index contributed by atoms with van der Waals surface area (Å²) in [4.78, 5) is 15.8. The second-order valence-electron chi connectivity index (χ2n) is 16.3.